The Morgan fingerprint density at radius 3 is 2.48 bits per heavy atom. The van der Waals surface area contributed by atoms with E-state index in [9.17, 15) is 4.79 Å². The van der Waals surface area contributed by atoms with E-state index in [0.29, 0.717) is 17.3 Å². The molecule has 0 aliphatic rings. The molecule has 0 spiro atoms. The fraction of sp³-hybridized carbons (Fsp3) is 0.0476. The minimum absolute atomic E-state index is 0.229. The highest BCUT2D eigenvalue weighted by molar-refractivity contribution is 6.30. The van der Waals surface area contributed by atoms with Gasteiger partial charge in [-0.2, -0.15) is 0 Å². The summed E-state index contributed by atoms with van der Waals surface area (Å²) in [4.78, 5) is 25.4. The van der Waals surface area contributed by atoms with E-state index in [2.05, 4.69) is 20.3 Å². The number of pyridine rings is 3. The Balaban J connectivity index is 1.65. The molecule has 3 aromatic heterocycles. The fourth-order valence-corrected chi connectivity index (χ4v) is 2.91. The maximum atomic E-state index is 12.5. The van der Waals surface area contributed by atoms with Crippen molar-refractivity contribution in [1.82, 2.24) is 20.3 Å². The maximum absolute atomic E-state index is 12.5. The molecule has 27 heavy (non-hydrogen) atoms. The molecule has 0 aliphatic carbocycles. The van der Waals surface area contributed by atoms with Gasteiger partial charge in [-0.15, -0.1) is 0 Å². The molecule has 5 nitrogen and oxygen atoms in total. The predicted molar refractivity (Wildman–Crippen MR) is 105 cm³/mol. The minimum atomic E-state index is -0.229. The second kappa shape index (κ2) is 7.51. The molecular weight excluding hydrogens is 360 g/mol. The van der Waals surface area contributed by atoms with E-state index in [1.165, 1.54) is 0 Å². The Morgan fingerprint density at radius 1 is 0.926 bits per heavy atom. The number of nitrogens with one attached hydrogen (secondary N) is 1. The molecule has 0 bridgehead atoms. The Kier molecular flexibility index (Phi) is 4.77. The van der Waals surface area contributed by atoms with Crippen LogP contribution in [0.5, 0.6) is 0 Å². The van der Waals surface area contributed by atoms with Gasteiger partial charge >= 0.3 is 0 Å². The van der Waals surface area contributed by atoms with Crippen molar-refractivity contribution in [2.75, 3.05) is 0 Å². The number of hydrogen-bond donors (Lipinski definition) is 1. The number of carbonyl (C=O) groups is 1. The summed E-state index contributed by atoms with van der Waals surface area (Å²) in [6.45, 7) is 0.418. The van der Waals surface area contributed by atoms with Crippen molar-refractivity contribution in [2.45, 2.75) is 6.54 Å². The van der Waals surface area contributed by atoms with Gasteiger partial charge in [-0.05, 0) is 47.5 Å². The van der Waals surface area contributed by atoms with Crippen LogP contribution in [0.4, 0.5) is 0 Å². The van der Waals surface area contributed by atoms with E-state index in [1.54, 1.807) is 30.9 Å². The van der Waals surface area contributed by atoms with Crippen molar-refractivity contribution in [1.29, 1.82) is 0 Å². The van der Waals surface area contributed by atoms with Gasteiger partial charge in [0, 0.05) is 47.3 Å². The molecule has 1 aromatic carbocycles. The summed E-state index contributed by atoms with van der Waals surface area (Å²) in [7, 11) is 0. The summed E-state index contributed by atoms with van der Waals surface area (Å²) >= 11 is 5.98. The number of carbonyl (C=O) groups excluding carboxylic acids is 1. The van der Waals surface area contributed by atoms with Gasteiger partial charge in [0.05, 0.1) is 5.52 Å². The van der Waals surface area contributed by atoms with Crippen LogP contribution in [0.15, 0.2) is 73.3 Å². The van der Waals surface area contributed by atoms with E-state index in [4.69, 9.17) is 11.6 Å². The maximum Gasteiger partial charge on any atom is 0.270 e. The lowest BCUT2D eigenvalue weighted by Crippen LogP contribution is -2.23. The molecule has 0 unspecified atom stereocenters. The van der Waals surface area contributed by atoms with Crippen LogP contribution in [0.1, 0.15) is 16.1 Å². The van der Waals surface area contributed by atoms with Crippen LogP contribution in [0, 0.1) is 0 Å². The second-order valence-corrected chi connectivity index (χ2v) is 6.44. The lowest BCUT2D eigenvalue weighted by atomic mass is 10.0. The third-order valence-corrected chi connectivity index (χ3v) is 4.44. The number of fused-ring (bicyclic) bond motifs is 1. The molecule has 0 saturated carbocycles. The average Bonchev–Trinajstić information content (AvgIpc) is 2.72. The molecule has 0 saturated heterocycles. The Morgan fingerprint density at radius 2 is 1.70 bits per heavy atom. The van der Waals surface area contributed by atoms with Gasteiger partial charge in [0.2, 0.25) is 0 Å². The first kappa shape index (κ1) is 17.1. The molecule has 0 radical (unpaired) electrons. The smallest absolute Gasteiger partial charge is 0.270 e. The Bertz CT molecular complexity index is 1100. The first-order chi connectivity index (χ1) is 13.2. The normalized spacial score (nSPS) is 10.7. The fourth-order valence-electron chi connectivity index (χ4n) is 2.78. The number of aromatic nitrogens is 3. The van der Waals surface area contributed by atoms with Gasteiger partial charge in [-0.25, -0.2) is 4.98 Å². The van der Waals surface area contributed by atoms with Crippen LogP contribution in [0.2, 0.25) is 5.02 Å². The van der Waals surface area contributed by atoms with E-state index in [-0.39, 0.29) is 5.91 Å². The number of nitrogens with zero attached hydrogens (tertiary/aromatic N) is 3. The zero-order valence-corrected chi connectivity index (χ0v) is 15.0. The molecule has 3 heterocycles. The highest BCUT2D eigenvalue weighted by Gasteiger charge is 2.11. The summed E-state index contributed by atoms with van der Waals surface area (Å²) in [5, 5.41) is 4.42. The van der Waals surface area contributed by atoms with Crippen LogP contribution in [-0.4, -0.2) is 20.9 Å². The first-order valence-electron chi connectivity index (χ1n) is 8.38. The summed E-state index contributed by atoms with van der Waals surface area (Å²) in [6, 6.07) is 14.7. The van der Waals surface area contributed by atoms with Gasteiger partial charge in [0.15, 0.2) is 0 Å². The Labute approximate surface area is 161 Å². The van der Waals surface area contributed by atoms with Crippen LogP contribution >= 0.6 is 11.6 Å². The Hall–Kier alpha value is -3.31. The molecule has 0 atom stereocenters. The van der Waals surface area contributed by atoms with Gasteiger partial charge < -0.3 is 5.32 Å². The largest absolute Gasteiger partial charge is 0.347 e. The SMILES string of the molecule is O=C(NCc1ccncc1)c1ccc2cncc(-c3ccc(Cl)cc3)c2n1. The molecular formula is C21H15ClN4O. The monoisotopic (exact) mass is 374 g/mol. The average molecular weight is 375 g/mol. The molecule has 0 fully saturated rings. The number of hydrogen-bond acceptors (Lipinski definition) is 4. The van der Waals surface area contributed by atoms with E-state index < -0.39 is 0 Å². The van der Waals surface area contributed by atoms with Crippen molar-refractivity contribution in [3.05, 3.63) is 89.6 Å². The van der Waals surface area contributed by atoms with Crippen LogP contribution in [-0.2, 0) is 6.54 Å². The molecule has 4 aromatic rings. The summed E-state index contributed by atoms with van der Waals surface area (Å²) in [5.74, 6) is -0.229. The number of amides is 1. The lowest BCUT2D eigenvalue weighted by Gasteiger charge is -2.09. The van der Waals surface area contributed by atoms with Gasteiger partial charge in [-0.3, -0.25) is 14.8 Å². The summed E-state index contributed by atoms with van der Waals surface area (Å²) in [6.07, 6.45) is 6.87. The number of rotatable bonds is 4. The quantitative estimate of drug-likeness (QED) is 0.579. The number of halogens is 1. The highest BCUT2D eigenvalue weighted by Crippen LogP contribution is 2.27. The zero-order chi connectivity index (χ0) is 18.6. The van der Waals surface area contributed by atoms with Crippen LogP contribution in [0.25, 0.3) is 22.0 Å². The summed E-state index contributed by atoms with van der Waals surface area (Å²) in [5.41, 5.74) is 3.86. The van der Waals surface area contributed by atoms with Crippen molar-refractivity contribution < 1.29 is 4.79 Å². The molecule has 132 valence electrons. The van der Waals surface area contributed by atoms with Crippen LogP contribution in [0.3, 0.4) is 0 Å². The zero-order valence-electron chi connectivity index (χ0n) is 14.3. The summed E-state index contributed by atoms with van der Waals surface area (Å²) < 4.78 is 0. The molecule has 1 amide bonds. The lowest BCUT2D eigenvalue weighted by molar-refractivity contribution is 0.0946. The molecule has 1 N–H and O–H groups in total. The van der Waals surface area contributed by atoms with E-state index in [1.807, 2.05) is 42.5 Å². The number of benzene rings is 1. The highest BCUT2D eigenvalue weighted by atomic mass is 35.5. The predicted octanol–water partition coefficient (Wildman–Crippen LogP) is 4.28. The third kappa shape index (κ3) is 3.78. The van der Waals surface area contributed by atoms with Gasteiger partial charge in [0.1, 0.15) is 5.69 Å². The van der Waals surface area contributed by atoms with Gasteiger partial charge in [0.25, 0.3) is 5.91 Å². The van der Waals surface area contributed by atoms with Crippen molar-refractivity contribution in [2.24, 2.45) is 0 Å². The van der Waals surface area contributed by atoms with E-state index in [0.717, 1.165) is 27.6 Å². The van der Waals surface area contributed by atoms with Crippen molar-refractivity contribution >= 4 is 28.4 Å². The molecule has 4 rings (SSSR count). The van der Waals surface area contributed by atoms with E-state index >= 15 is 0 Å². The third-order valence-electron chi connectivity index (χ3n) is 4.19. The molecule has 0 aliphatic heterocycles. The topological polar surface area (TPSA) is 67.8 Å². The van der Waals surface area contributed by atoms with Crippen molar-refractivity contribution in [3.8, 4) is 11.1 Å². The first-order valence-corrected chi connectivity index (χ1v) is 8.76. The standard InChI is InChI=1S/C21H15ClN4O/c22-17-4-1-15(2-5-17)18-13-24-12-16-3-6-19(26-20(16)18)21(27)25-11-14-7-9-23-10-8-14/h1-10,12-13H,11H2,(H,25,27). The minimum Gasteiger partial charge on any atom is -0.347 e. The van der Waals surface area contributed by atoms with Gasteiger partial charge in [-0.1, -0.05) is 23.7 Å². The second-order valence-electron chi connectivity index (χ2n) is 6.00. The molecule has 6 heteroatoms. The van der Waals surface area contributed by atoms with Crippen molar-refractivity contribution in [3.63, 3.8) is 0 Å². The van der Waals surface area contributed by atoms with Crippen LogP contribution < -0.4 is 5.32 Å².